The van der Waals surface area contributed by atoms with Crippen LogP contribution in [-0.2, 0) is 22.7 Å². The van der Waals surface area contributed by atoms with E-state index in [1.807, 2.05) is 18.2 Å². The maximum atomic E-state index is 12.6. The van der Waals surface area contributed by atoms with E-state index in [9.17, 15) is 14.9 Å². The monoisotopic (exact) mass is 412 g/mol. The summed E-state index contributed by atoms with van der Waals surface area (Å²) in [4.78, 5) is 24.8. The molecule has 0 spiro atoms. The third-order valence-electron chi connectivity index (χ3n) is 4.74. The fourth-order valence-corrected chi connectivity index (χ4v) is 3.29. The van der Waals surface area contributed by atoms with Crippen LogP contribution < -0.4 is 14.2 Å². The van der Waals surface area contributed by atoms with Crippen LogP contribution in [0.25, 0.3) is 6.08 Å². The van der Waals surface area contributed by atoms with Gasteiger partial charge in [0, 0.05) is 42.9 Å². The van der Waals surface area contributed by atoms with Crippen molar-refractivity contribution in [2.45, 2.75) is 13.2 Å². The third kappa shape index (κ3) is 4.20. The molecule has 0 aromatic heterocycles. The molecule has 0 N–H and O–H groups in total. The highest BCUT2D eigenvalue weighted by molar-refractivity contribution is 5.92. The lowest BCUT2D eigenvalue weighted by Gasteiger charge is -2.21. The summed E-state index contributed by atoms with van der Waals surface area (Å²) in [6.45, 7) is 1.66. The van der Waals surface area contributed by atoms with E-state index in [-0.39, 0.29) is 25.0 Å². The Hall–Kier alpha value is -3.59. The molecule has 0 aliphatic carbocycles. The Morgan fingerprint density at radius 3 is 2.77 bits per heavy atom. The molecule has 2 aliphatic heterocycles. The molecule has 156 valence electrons. The predicted octanol–water partition coefficient (Wildman–Crippen LogP) is 2.90. The SMILES string of the molecule is CN(Cc1ccc2c(c1)OCCO2)C(=O)/C=C/c1cc([N+](=O)[O-])cc2c1OCOC2. The van der Waals surface area contributed by atoms with Gasteiger partial charge in [0.1, 0.15) is 19.0 Å². The van der Waals surface area contributed by atoms with Crippen LogP contribution in [0.1, 0.15) is 16.7 Å². The van der Waals surface area contributed by atoms with E-state index in [4.69, 9.17) is 18.9 Å². The molecule has 4 rings (SSSR count). The number of rotatable bonds is 5. The maximum Gasteiger partial charge on any atom is 0.270 e. The quantitative estimate of drug-likeness (QED) is 0.423. The molecule has 0 radical (unpaired) electrons. The number of nitrogens with zero attached hydrogens (tertiary/aromatic N) is 2. The minimum Gasteiger partial charge on any atom is -0.486 e. The van der Waals surface area contributed by atoms with Gasteiger partial charge in [-0.25, -0.2) is 0 Å². The molecule has 0 saturated carbocycles. The Balaban J connectivity index is 1.49. The minimum absolute atomic E-state index is 0.0591. The highest BCUT2D eigenvalue weighted by Crippen LogP contribution is 2.34. The van der Waals surface area contributed by atoms with Crippen LogP contribution in [0.2, 0.25) is 0 Å². The fraction of sp³-hybridized carbons (Fsp3) is 0.286. The number of carbonyl (C=O) groups is 1. The zero-order valence-electron chi connectivity index (χ0n) is 16.3. The van der Waals surface area contributed by atoms with Gasteiger partial charge in [0.15, 0.2) is 18.3 Å². The summed E-state index contributed by atoms with van der Waals surface area (Å²) >= 11 is 0. The first kappa shape index (κ1) is 19.7. The number of ether oxygens (including phenoxy) is 4. The second kappa shape index (κ2) is 8.42. The average Bonchev–Trinajstić information content (AvgIpc) is 2.76. The molecule has 2 aromatic carbocycles. The predicted molar refractivity (Wildman–Crippen MR) is 106 cm³/mol. The van der Waals surface area contributed by atoms with Crippen molar-refractivity contribution in [3.05, 3.63) is 63.2 Å². The van der Waals surface area contributed by atoms with Gasteiger partial charge in [-0.05, 0) is 23.8 Å². The Kier molecular flexibility index (Phi) is 5.53. The number of fused-ring (bicyclic) bond motifs is 2. The van der Waals surface area contributed by atoms with E-state index >= 15 is 0 Å². The van der Waals surface area contributed by atoms with Gasteiger partial charge >= 0.3 is 0 Å². The van der Waals surface area contributed by atoms with Gasteiger partial charge in [-0.3, -0.25) is 14.9 Å². The molecule has 1 amide bonds. The summed E-state index contributed by atoms with van der Waals surface area (Å²) in [6, 6.07) is 8.36. The maximum absolute atomic E-state index is 12.6. The molecule has 2 aliphatic rings. The fourth-order valence-electron chi connectivity index (χ4n) is 3.29. The van der Waals surface area contributed by atoms with Crippen molar-refractivity contribution in [2.75, 3.05) is 27.1 Å². The Labute approximate surface area is 172 Å². The summed E-state index contributed by atoms with van der Waals surface area (Å²) in [5.74, 6) is 1.60. The molecule has 30 heavy (non-hydrogen) atoms. The Morgan fingerprint density at radius 2 is 1.97 bits per heavy atom. The van der Waals surface area contributed by atoms with Crippen LogP contribution in [-0.4, -0.2) is 42.8 Å². The van der Waals surface area contributed by atoms with Crippen LogP contribution in [0.3, 0.4) is 0 Å². The number of non-ortho nitro benzene ring substituents is 1. The van der Waals surface area contributed by atoms with Gasteiger partial charge in [0.05, 0.1) is 11.5 Å². The first-order valence-electron chi connectivity index (χ1n) is 9.35. The van der Waals surface area contributed by atoms with Gasteiger partial charge in [0.2, 0.25) is 5.91 Å². The van der Waals surface area contributed by atoms with Crippen molar-refractivity contribution >= 4 is 17.7 Å². The number of benzene rings is 2. The standard InChI is InChI=1S/C21H20N2O7/c1-22(11-14-2-4-18-19(8-14)29-7-6-28-18)20(24)5-3-15-9-17(23(25)26)10-16-12-27-13-30-21(15)16/h2-5,8-10H,6-7,11-13H2,1H3/b5-3+. The topological polar surface area (TPSA) is 100 Å². The summed E-state index contributed by atoms with van der Waals surface area (Å²) in [5, 5.41) is 11.2. The molecule has 0 unspecified atom stereocenters. The highest BCUT2D eigenvalue weighted by atomic mass is 16.7. The Bertz CT molecular complexity index is 1020. The van der Waals surface area contributed by atoms with Gasteiger partial charge in [-0.2, -0.15) is 0 Å². The van der Waals surface area contributed by atoms with Gasteiger partial charge < -0.3 is 23.8 Å². The molecule has 0 bridgehead atoms. The van der Waals surface area contributed by atoms with Crippen molar-refractivity contribution in [2.24, 2.45) is 0 Å². The summed E-state index contributed by atoms with van der Waals surface area (Å²) < 4.78 is 21.8. The van der Waals surface area contributed by atoms with Crippen LogP contribution in [0.15, 0.2) is 36.4 Å². The van der Waals surface area contributed by atoms with E-state index in [2.05, 4.69) is 0 Å². The molecule has 0 fully saturated rings. The van der Waals surface area contributed by atoms with E-state index in [1.165, 1.54) is 29.2 Å². The van der Waals surface area contributed by atoms with Crippen molar-refractivity contribution < 1.29 is 28.7 Å². The molecule has 0 saturated heterocycles. The zero-order chi connectivity index (χ0) is 21.1. The molecule has 0 atom stereocenters. The number of hydrogen-bond donors (Lipinski definition) is 0. The van der Waals surface area contributed by atoms with E-state index < -0.39 is 4.92 Å². The largest absolute Gasteiger partial charge is 0.486 e. The van der Waals surface area contributed by atoms with Gasteiger partial charge in [-0.1, -0.05) is 6.07 Å². The van der Waals surface area contributed by atoms with E-state index in [1.54, 1.807) is 7.05 Å². The summed E-state index contributed by atoms with van der Waals surface area (Å²) in [6.07, 6.45) is 2.90. The first-order chi connectivity index (χ1) is 14.5. The molecule has 2 aromatic rings. The highest BCUT2D eigenvalue weighted by Gasteiger charge is 2.20. The smallest absolute Gasteiger partial charge is 0.270 e. The molecular weight excluding hydrogens is 392 g/mol. The third-order valence-corrected chi connectivity index (χ3v) is 4.74. The molecule has 2 heterocycles. The average molecular weight is 412 g/mol. The Morgan fingerprint density at radius 1 is 1.17 bits per heavy atom. The van der Waals surface area contributed by atoms with Crippen molar-refractivity contribution in [1.82, 2.24) is 4.90 Å². The lowest BCUT2D eigenvalue weighted by Crippen LogP contribution is -2.24. The summed E-state index contributed by atoms with van der Waals surface area (Å²) in [5.41, 5.74) is 1.85. The van der Waals surface area contributed by atoms with Crippen LogP contribution >= 0.6 is 0 Å². The van der Waals surface area contributed by atoms with Gasteiger partial charge in [0.25, 0.3) is 5.69 Å². The molecule has 9 nitrogen and oxygen atoms in total. The number of nitro groups is 1. The number of hydrogen-bond acceptors (Lipinski definition) is 7. The van der Waals surface area contributed by atoms with Crippen LogP contribution in [0.4, 0.5) is 5.69 Å². The van der Waals surface area contributed by atoms with E-state index in [0.29, 0.717) is 48.1 Å². The van der Waals surface area contributed by atoms with E-state index in [0.717, 1.165) is 5.56 Å². The van der Waals surface area contributed by atoms with Crippen molar-refractivity contribution in [3.8, 4) is 17.2 Å². The number of likely N-dealkylation sites (N-methyl/N-ethyl adjacent to an activating group) is 1. The second-order valence-electron chi connectivity index (χ2n) is 6.90. The number of nitro benzene ring substituents is 1. The summed E-state index contributed by atoms with van der Waals surface area (Å²) in [7, 11) is 1.68. The lowest BCUT2D eigenvalue weighted by atomic mass is 10.1. The lowest BCUT2D eigenvalue weighted by molar-refractivity contribution is -0.385. The van der Waals surface area contributed by atoms with Crippen molar-refractivity contribution in [1.29, 1.82) is 0 Å². The van der Waals surface area contributed by atoms with Crippen LogP contribution in [0, 0.1) is 10.1 Å². The first-order valence-corrected chi connectivity index (χ1v) is 9.35. The normalized spacial score (nSPS) is 14.7. The van der Waals surface area contributed by atoms with Gasteiger partial charge in [-0.15, -0.1) is 0 Å². The van der Waals surface area contributed by atoms with Crippen molar-refractivity contribution in [3.63, 3.8) is 0 Å². The molecule has 9 heteroatoms. The zero-order valence-corrected chi connectivity index (χ0v) is 16.3. The number of amides is 1. The minimum atomic E-state index is -0.484. The molecular formula is C21H20N2O7. The second-order valence-corrected chi connectivity index (χ2v) is 6.90. The number of carbonyl (C=O) groups excluding carboxylic acids is 1. The van der Waals surface area contributed by atoms with Crippen LogP contribution in [0.5, 0.6) is 17.2 Å².